The molecule has 1 aliphatic carbocycles. The molecule has 3 rings (SSSR count). The normalized spacial score (nSPS) is 20.6. The molecule has 188 valence electrons. The Balaban J connectivity index is 1.76. The quantitative estimate of drug-likeness (QED) is 0.251. The zero-order valence-corrected chi connectivity index (χ0v) is 23.9. The molecule has 2 aromatic rings. The number of benzene rings is 2. The fourth-order valence-corrected chi connectivity index (χ4v) is 12.4. The highest BCUT2D eigenvalue weighted by atomic mass is 28.4. The van der Waals surface area contributed by atoms with E-state index in [2.05, 4.69) is 114 Å². The number of hydrogen-bond acceptors (Lipinski definition) is 2. The highest BCUT2D eigenvalue weighted by Gasteiger charge is 2.56. The number of hydrogen-bond donors (Lipinski definition) is 0. The van der Waals surface area contributed by atoms with Gasteiger partial charge in [0.1, 0.15) is 0 Å². The van der Waals surface area contributed by atoms with Crippen LogP contribution in [0.5, 0.6) is 0 Å². The van der Waals surface area contributed by atoms with Gasteiger partial charge in [-0.3, -0.25) is 4.90 Å². The van der Waals surface area contributed by atoms with Crippen molar-refractivity contribution in [2.75, 3.05) is 6.61 Å². The molecule has 0 aliphatic heterocycles. The lowest BCUT2D eigenvalue weighted by molar-refractivity contribution is 0.126. The second kappa shape index (κ2) is 12.0. The molecule has 2 aromatic carbocycles. The third-order valence-electron chi connectivity index (χ3n) is 8.47. The van der Waals surface area contributed by atoms with Gasteiger partial charge < -0.3 is 4.43 Å². The Labute approximate surface area is 211 Å². The largest absolute Gasteiger partial charge is 0.416 e. The molecule has 0 saturated heterocycles. The molecule has 1 unspecified atom stereocenters. The zero-order chi connectivity index (χ0) is 24.8. The van der Waals surface area contributed by atoms with Crippen LogP contribution in [0.25, 0.3) is 0 Å². The van der Waals surface area contributed by atoms with Crippen molar-refractivity contribution in [1.29, 1.82) is 0 Å². The Morgan fingerprint density at radius 1 is 0.824 bits per heavy atom. The van der Waals surface area contributed by atoms with Crippen LogP contribution in [0.2, 0.25) is 16.6 Å². The summed E-state index contributed by atoms with van der Waals surface area (Å²) in [5, 5.41) is 0. The SMILES string of the molecule is CCC[C@]1(N(Cc2ccccc2)Cc2ccccc2)CC1CCO[Si](C(C)C)(C(C)C)C(C)C. The van der Waals surface area contributed by atoms with Gasteiger partial charge in [0, 0.05) is 25.2 Å². The first-order valence-corrected chi connectivity index (χ1v) is 15.9. The van der Waals surface area contributed by atoms with Crippen LogP contribution in [0.15, 0.2) is 60.7 Å². The highest BCUT2D eigenvalue weighted by Crippen LogP contribution is 2.55. The molecule has 0 bridgehead atoms. The molecule has 0 heterocycles. The van der Waals surface area contributed by atoms with Gasteiger partial charge >= 0.3 is 0 Å². The lowest BCUT2D eigenvalue weighted by Crippen LogP contribution is -2.48. The van der Waals surface area contributed by atoms with Crippen LogP contribution in [-0.2, 0) is 17.5 Å². The third-order valence-corrected chi connectivity index (χ3v) is 14.6. The molecule has 2 atom stereocenters. The van der Waals surface area contributed by atoms with E-state index >= 15 is 0 Å². The third kappa shape index (κ3) is 6.03. The van der Waals surface area contributed by atoms with Crippen LogP contribution in [0.1, 0.15) is 85.3 Å². The average Bonchev–Trinajstić information content (AvgIpc) is 3.50. The van der Waals surface area contributed by atoms with Crippen molar-refractivity contribution in [3.05, 3.63) is 71.8 Å². The van der Waals surface area contributed by atoms with Crippen LogP contribution in [0, 0.1) is 5.92 Å². The molecule has 0 spiro atoms. The maximum absolute atomic E-state index is 6.97. The summed E-state index contributed by atoms with van der Waals surface area (Å²) >= 11 is 0. The fourth-order valence-electron chi connectivity index (χ4n) is 6.88. The minimum atomic E-state index is -1.79. The molecule has 1 fully saturated rings. The van der Waals surface area contributed by atoms with Crippen molar-refractivity contribution < 1.29 is 4.43 Å². The van der Waals surface area contributed by atoms with Crippen LogP contribution in [0.3, 0.4) is 0 Å². The predicted molar refractivity (Wildman–Crippen MR) is 149 cm³/mol. The Kier molecular flexibility index (Phi) is 9.60. The Hall–Kier alpha value is -1.42. The fraction of sp³-hybridized carbons (Fsp3) is 0.613. The van der Waals surface area contributed by atoms with Crippen molar-refractivity contribution in [3.8, 4) is 0 Å². The summed E-state index contributed by atoms with van der Waals surface area (Å²) in [5.74, 6) is 0.734. The highest BCUT2D eigenvalue weighted by molar-refractivity contribution is 6.77. The summed E-state index contributed by atoms with van der Waals surface area (Å²) in [5.41, 5.74) is 5.10. The second-order valence-corrected chi connectivity index (χ2v) is 17.0. The summed E-state index contributed by atoms with van der Waals surface area (Å²) in [6, 6.07) is 22.1. The monoisotopic (exact) mass is 479 g/mol. The summed E-state index contributed by atoms with van der Waals surface area (Å²) in [6.45, 7) is 19.7. The minimum Gasteiger partial charge on any atom is -0.416 e. The van der Waals surface area contributed by atoms with E-state index in [0.717, 1.165) is 25.6 Å². The topological polar surface area (TPSA) is 12.5 Å². The van der Waals surface area contributed by atoms with E-state index in [-0.39, 0.29) is 0 Å². The van der Waals surface area contributed by atoms with Crippen LogP contribution in [-0.4, -0.2) is 25.4 Å². The van der Waals surface area contributed by atoms with E-state index in [4.69, 9.17) is 4.43 Å². The summed E-state index contributed by atoms with van der Waals surface area (Å²) in [4.78, 5) is 2.80. The molecule has 34 heavy (non-hydrogen) atoms. The number of nitrogens with zero attached hydrogens (tertiary/aromatic N) is 1. The van der Waals surface area contributed by atoms with E-state index < -0.39 is 8.32 Å². The minimum absolute atomic E-state index is 0.307. The molecule has 1 saturated carbocycles. The van der Waals surface area contributed by atoms with Crippen molar-refractivity contribution in [2.24, 2.45) is 5.92 Å². The smallest absolute Gasteiger partial charge is 0.200 e. The van der Waals surface area contributed by atoms with Crippen molar-refractivity contribution in [3.63, 3.8) is 0 Å². The first kappa shape index (κ1) is 27.2. The standard InChI is InChI=1S/C31H49NOSi/c1-8-20-31(22-30(31)19-21-33-34(25(2)3,26(4)5)27(6)7)32(23-28-15-11-9-12-16-28)24-29-17-13-10-14-18-29/h9-18,25-27,30H,8,19-24H2,1-7H3/t30?,31-/m0/s1. The van der Waals surface area contributed by atoms with Gasteiger partial charge in [0.25, 0.3) is 0 Å². The van der Waals surface area contributed by atoms with E-state index in [1.54, 1.807) is 0 Å². The van der Waals surface area contributed by atoms with E-state index in [1.165, 1.54) is 36.8 Å². The maximum Gasteiger partial charge on any atom is 0.200 e. The van der Waals surface area contributed by atoms with Crippen LogP contribution >= 0.6 is 0 Å². The van der Waals surface area contributed by atoms with Crippen LogP contribution < -0.4 is 0 Å². The first-order chi connectivity index (χ1) is 16.3. The van der Waals surface area contributed by atoms with Gasteiger partial charge in [0.2, 0.25) is 0 Å². The van der Waals surface area contributed by atoms with Gasteiger partial charge in [-0.2, -0.15) is 0 Å². The van der Waals surface area contributed by atoms with E-state index in [0.29, 0.717) is 22.2 Å². The van der Waals surface area contributed by atoms with E-state index in [1.807, 2.05) is 0 Å². The second-order valence-electron chi connectivity index (χ2n) is 11.5. The molecule has 1 aliphatic rings. The van der Waals surface area contributed by atoms with Crippen molar-refractivity contribution in [2.45, 2.75) is 109 Å². The molecular formula is C31H49NOSi. The zero-order valence-electron chi connectivity index (χ0n) is 22.9. The maximum atomic E-state index is 6.97. The lowest BCUT2D eigenvalue weighted by atomic mass is 10.0. The van der Waals surface area contributed by atoms with Crippen molar-refractivity contribution >= 4 is 8.32 Å². The van der Waals surface area contributed by atoms with Crippen LogP contribution in [0.4, 0.5) is 0 Å². The Morgan fingerprint density at radius 2 is 1.29 bits per heavy atom. The van der Waals surface area contributed by atoms with Gasteiger partial charge in [0.15, 0.2) is 8.32 Å². The van der Waals surface area contributed by atoms with Gasteiger partial charge in [-0.15, -0.1) is 0 Å². The van der Waals surface area contributed by atoms with Gasteiger partial charge in [-0.05, 0) is 52.9 Å². The molecule has 0 aromatic heterocycles. The Morgan fingerprint density at radius 3 is 1.71 bits per heavy atom. The molecule has 0 amide bonds. The van der Waals surface area contributed by atoms with Gasteiger partial charge in [-0.25, -0.2) is 0 Å². The summed E-state index contributed by atoms with van der Waals surface area (Å²) < 4.78 is 6.97. The molecule has 0 radical (unpaired) electrons. The number of rotatable bonds is 14. The van der Waals surface area contributed by atoms with E-state index in [9.17, 15) is 0 Å². The van der Waals surface area contributed by atoms with Gasteiger partial charge in [0.05, 0.1) is 0 Å². The van der Waals surface area contributed by atoms with Crippen molar-refractivity contribution in [1.82, 2.24) is 4.90 Å². The summed E-state index contributed by atoms with van der Waals surface area (Å²) in [7, 11) is -1.79. The van der Waals surface area contributed by atoms with Gasteiger partial charge in [-0.1, -0.05) is 116 Å². The predicted octanol–water partition coefficient (Wildman–Crippen LogP) is 8.83. The lowest BCUT2D eigenvalue weighted by Gasteiger charge is -2.42. The molecule has 0 N–H and O–H groups in total. The summed E-state index contributed by atoms with van der Waals surface area (Å²) in [6.07, 6.45) is 5.02. The average molecular weight is 480 g/mol. The molecule has 2 nitrogen and oxygen atoms in total. The molecule has 3 heteroatoms. The molecular weight excluding hydrogens is 430 g/mol. The first-order valence-electron chi connectivity index (χ1n) is 13.7. The Bertz CT molecular complexity index is 787.